The number of nitrogens with one attached hydrogen (secondary N) is 1. The molecule has 1 aromatic heterocycles. The van der Waals surface area contributed by atoms with Crippen molar-refractivity contribution in [3.63, 3.8) is 0 Å². The van der Waals surface area contributed by atoms with E-state index in [1.54, 1.807) is 0 Å². The quantitative estimate of drug-likeness (QED) is 0.906. The van der Waals surface area contributed by atoms with E-state index in [0.29, 0.717) is 16.5 Å². The summed E-state index contributed by atoms with van der Waals surface area (Å²) in [4.78, 5) is 25.5. The molecule has 2 aromatic rings. The maximum absolute atomic E-state index is 12.5. The van der Waals surface area contributed by atoms with Crippen molar-refractivity contribution in [1.29, 1.82) is 0 Å². The normalized spacial score (nSPS) is 21.7. The van der Waals surface area contributed by atoms with Gasteiger partial charge in [0, 0.05) is 10.8 Å². The Morgan fingerprint density at radius 2 is 1.96 bits per heavy atom. The third kappa shape index (κ3) is 2.55. The monoisotopic (exact) mass is 326 g/mol. The van der Waals surface area contributed by atoms with E-state index in [9.17, 15) is 9.59 Å². The number of carbonyl (C=O) groups excluding carboxylic acids is 2. The average molecular weight is 326 g/mol. The van der Waals surface area contributed by atoms with E-state index >= 15 is 0 Å². The highest BCUT2D eigenvalue weighted by atomic mass is 32.1. The Balaban J connectivity index is 1.51. The molecule has 0 aliphatic heterocycles. The first-order valence-electron chi connectivity index (χ1n) is 7.95. The molecule has 0 saturated heterocycles. The number of anilines is 1. The lowest BCUT2D eigenvalue weighted by Gasteiger charge is -2.06. The number of benzene rings is 1. The zero-order chi connectivity index (χ0) is 16.0. The zero-order valence-electron chi connectivity index (χ0n) is 12.7. The highest BCUT2D eigenvalue weighted by Gasteiger charge is 2.44. The Hall–Kier alpha value is -2.14. The fourth-order valence-corrected chi connectivity index (χ4v) is 4.81. The largest absolute Gasteiger partial charge is 0.365 e. The molecule has 4 nitrogen and oxygen atoms in total. The highest BCUT2D eigenvalue weighted by molar-refractivity contribution is 7.17. The van der Waals surface area contributed by atoms with Gasteiger partial charge in [-0.1, -0.05) is 30.3 Å². The van der Waals surface area contributed by atoms with E-state index in [1.807, 2.05) is 18.2 Å². The predicted octanol–water partition coefficient (Wildman–Crippen LogP) is 3.08. The SMILES string of the molecule is NC(=O)c1c(NC(=O)C2CC2c2ccccc2)sc2c1CCC2. The fraction of sp³-hybridized carbons (Fsp3) is 0.333. The molecule has 0 spiro atoms. The van der Waals surface area contributed by atoms with Crippen molar-refractivity contribution in [3.8, 4) is 0 Å². The Morgan fingerprint density at radius 1 is 1.17 bits per heavy atom. The van der Waals surface area contributed by atoms with Crippen LogP contribution in [0.5, 0.6) is 0 Å². The molecule has 0 bridgehead atoms. The molecule has 2 aliphatic rings. The van der Waals surface area contributed by atoms with E-state index in [1.165, 1.54) is 21.8 Å². The maximum Gasteiger partial charge on any atom is 0.251 e. The number of rotatable bonds is 4. The molecule has 2 unspecified atom stereocenters. The van der Waals surface area contributed by atoms with Gasteiger partial charge in [0.05, 0.1) is 5.56 Å². The Labute approximate surface area is 138 Å². The second-order valence-corrected chi connectivity index (χ2v) is 7.38. The van der Waals surface area contributed by atoms with Crippen LogP contribution in [-0.4, -0.2) is 11.8 Å². The van der Waals surface area contributed by atoms with Crippen LogP contribution in [0.1, 0.15) is 45.1 Å². The standard InChI is InChI=1S/C18H18N2O2S/c19-16(21)15-11-7-4-8-14(11)23-18(15)20-17(22)13-9-12(13)10-5-2-1-3-6-10/h1-3,5-6,12-13H,4,7-9H2,(H2,19,21)(H,20,22). The Bertz CT molecular complexity index is 782. The lowest BCUT2D eigenvalue weighted by atomic mass is 10.1. The molecule has 3 N–H and O–H groups in total. The summed E-state index contributed by atoms with van der Waals surface area (Å²) in [5.74, 6) is -0.147. The summed E-state index contributed by atoms with van der Waals surface area (Å²) in [6.45, 7) is 0. The number of carbonyl (C=O) groups is 2. The van der Waals surface area contributed by atoms with Gasteiger partial charge in [-0.05, 0) is 42.7 Å². The van der Waals surface area contributed by atoms with Crippen LogP contribution in [0.4, 0.5) is 5.00 Å². The number of fused-ring (bicyclic) bond motifs is 1. The van der Waals surface area contributed by atoms with Crippen molar-refractivity contribution in [2.45, 2.75) is 31.6 Å². The third-order valence-corrected chi connectivity index (χ3v) is 5.97. The van der Waals surface area contributed by atoms with Crippen LogP contribution in [0.15, 0.2) is 30.3 Å². The summed E-state index contributed by atoms with van der Waals surface area (Å²) in [5.41, 5.74) is 8.32. The summed E-state index contributed by atoms with van der Waals surface area (Å²) in [6, 6.07) is 10.1. The molecular weight excluding hydrogens is 308 g/mol. The third-order valence-electron chi connectivity index (χ3n) is 4.76. The lowest BCUT2D eigenvalue weighted by molar-refractivity contribution is -0.117. The van der Waals surface area contributed by atoms with Crippen LogP contribution in [0.2, 0.25) is 0 Å². The number of hydrogen-bond donors (Lipinski definition) is 2. The summed E-state index contributed by atoms with van der Waals surface area (Å²) in [5, 5.41) is 3.61. The molecule has 118 valence electrons. The topological polar surface area (TPSA) is 72.2 Å². The van der Waals surface area contributed by atoms with Crippen LogP contribution in [0.3, 0.4) is 0 Å². The van der Waals surface area contributed by atoms with Crippen molar-refractivity contribution in [1.82, 2.24) is 0 Å². The Kier molecular flexibility index (Phi) is 3.45. The van der Waals surface area contributed by atoms with Crippen molar-refractivity contribution in [2.24, 2.45) is 11.7 Å². The van der Waals surface area contributed by atoms with E-state index in [0.717, 1.165) is 31.2 Å². The average Bonchev–Trinajstić information content (AvgIpc) is 3.10. The molecule has 0 radical (unpaired) electrons. The van der Waals surface area contributed by atoms with Crippen molar-refractivity contribution in [2.75, 3.05) is 5.32 Å². The molecule has 2 amide bonds. The minimum atomic E-state index is -0.435. The minimum absolute atomic E-state index is 0.00118. The van der Waals surface area contributed by atoms with Gasteiger partial charge in [-0.15, -0.1) is 11.3 Å². The van der Waals surface area contributed by atoms with Gasteiger partial charge in [0.2, 0.25) is 5.91 Å². The molecule has 1 saturated carbocycles. The zero-order valence-corrected chi connectivity index (χ0v) is 13.5. The molecule has 4 rings (SSSR count). The van der Waals surface area contributed by atoms with Gasteiger partial charge in [0.25, 0.3) is 5.91 Å². The van der Waals surface area contributed by atoms with E-state index in [2.05, 4.69) is 17.4 Å². The van der Waals surface area contributed by atoms with Crippen LogP contribution >= 0.6 is 11.3 Å². The van der Waals surface area contributed by atoms with E-state index < -0.39 is 5.91 Å². The van der Waals surface area contributed by atoms with Crippen LogP contribution < -0.4 is 11.1 Å². The van der Waals surface area contributed by atoms with Crippen molar-refractivity contribution in [3.05, 3.63) is 51.9 Å². The molecule has 1 fully saturated rings. The summed E-state index contributed by atoms with van der Waals surface area (Å²) in [7, 11) is 0. The van der Waals surface area contributed by atoms with Gasteiger partial charge < -0.3 is 11.1 Å². The first kappa shape index (κ1) is 14.5. The first-order valence-corrected chi connectivity index (χ1v) is 8.77. The number of amides is 2. The smallest absolute Gasteiger partial charge is 0.251 e. The number of thiophene rings is 1. The van der Waals surface area contributed by atoms with E-state index in [4.69, 9.17) is 5.73 Å². The highest BCUT2D eigenvalue weighted by Crippen LogP contribution is 2.48. The second-order valence-electron chi connectivity index (χ2n) is 6.27. The second kappa shape index (κ2) is 5.49. The number of hydrogen-bond acceptors (Lipinski definition) is 3. The maximum atomic E-state index is 12.5. The van der Waals surface area contributed by atoms with Crippen LogP contribution in [0.25, 0.3) is 0 Å². The molecule has 23 heavy (non-hydrogen) atoms. The number of aryl methyl sites for hydroxylation is 1. The summed E-state index contributed by atoms with van der Waals surface area (Å²) < 4.78 is 0. The summed E-state index contributed by atoms with van der Waals surface area (Å²) in [6.07, 6.45) is 3.80. The fourth-order valence-electron chi connectivity index (χ4n) is 3.51. The first-order chi connectivity index (χ1) is 11.1. The number of primary amides is 1. The molecule has 1 heterocycles. The molecule has 2 atom stereocenters. The predicted molar refractivity (Wildman–Crippen MR) is 90.8 cm³/mol. The van der Waals surface area contributed by atoms with Crippen LogP contribution in [0, 0.1) is 5.92 Å². The van der Waals surface area contributed by atoms with Gasteiger partial charge in [0.15, 0.2) is 0 Å². The van der Waals surface area contributed by atoms with Gasteiger partial charge in [0.1, 0.15) is 5.00 Å². The van der Waals surface area contributed by atoms with Gasteiger partial charge >= 0.3 is 0 Å². The molecule has 2 aliphatic carbocycles. The van der Waals surface area contributed by atoms with E-state index in [-0.39, 0.29) is 11.8 Å². The van der Waals surface area contributed by atoms with Gasteiger partial charge in [-0.2, -0.15) is 0 Å². The van der Waals surface area contributed by atoms with Crippen LogP contribution in [-0.2, 0) is 17.6 Å². The van der Waals surface area contributed by atoms with Gasteiger partial charge in [-0.3, -0.25) is 9.59 Å². The number of nitrogens with two attached hydrogens (primary N) is 1. The molecular formula is C18H18N2O2S. The van der Waals surface area contributed by atoms with Gasteiger partial charge in [-0.25, -0.2) is 0 Å². The minimum Gasteiger partial charge on any atom is -0.365 e. The molecule has 1 aromatic carbocycles. The Morgan fingerprint density at radius 3 is 2.70 bits per heavy atom. The van der Waals surface area contributed by atoms with Crippen molar-refractivity contribution >= 4 is 28.2 Å². The lowest BCUT2D eigenvalue weighted by Crippen LogP contribution is -2.19. The summed E-state index contributed by atoms with van der Waals surface area (Å²) >= 11 is 1.51. The van der Waals surface area contributed by atoms with Crippen molar-refractivity contribution < 1.29 is 9.59 Å². The molecule has 5 heteroatoms.